The molecule has 2 saturated heterocycles. The third kappa shape index (κ3) is 1.97. The second kappa shape index (κ2) is 4.38. The molecule has 0 saturated carbocycles. The number of hydrogen-bond donors (Lipinski definition) is 0. The summed E-state index contributed by atoms with van der Waals surface area (Å²) in [5.74, 6) is 1.60. The standard InChI is InChI=1S/C11H22N2Si/c1-10(14)11(12-6-2-3-7-12)13-8-4-5-9-13/h2-9H2,1,14H3. The van der Waals surface area contributed by atoms with Gasteiger partial charge in [0, 0.05) is 36.4 Å². The lowest BCUT2D eigenvalue weighted by Gasteiger charge is -2.32. The van der Waals surface area contributed by atoms with Crippen LogP contribution in [0.25, 0.3) is 0 Å². The summed E-state index contributed by atoms with van der Waals surface area (Å²) in [6.07, 6.45) is 5.58. The molecule has 80 valence electrons. The molecule has 0 bridgehead atoms. The van der Waals surface area contributed by atoms with E-state index in [4.69, 9.17) is 0 Å². The molecule has 0 spiro atoms. The van der Waals surface area contributed by atoms with Crippen LogP contribution >= 0.6 is 0 Å². The van der Waals surface area contributed by atoms with Crippen LogP contribution in [0, 0.1) is 0 Å². The van der Waals surface area contributed by atoms with Gasteiger partial charge in [0.1, 0.15) is 0 Å². The number of likely N-dealkylation sites (tertiary alicyclic amines) is 2. The molecule has 2 aliphatic heterocycles. The molecule has 0 amide bonds. The highest BCUT2D eigenvalue weighted by molar-refractivity contribution is 6.21. The van der Waals surface area contributed by atoms with Crippen molar-refractivity contribution in [2.45, 2.75) is 32.6 Å². The molecule has 0 atom stereocenters. The predicted molar refractivity (Wildman–Crippen MR) is 64.3 cm³/mol. The Morgan fingerprint density at radius 1 is 0.857 bits per heavy atom. The van der Waals surface area contributed by atoms with Gasteiger partial charge in [-0.2, -0.15) is 0 Å². The van der Waals surface area contributed by atoms with Crippen LogP contribution in [-0.2, 0) is 0 Å². The summed E-state index contributed by atoms with van der Waals surface area (Å²) in [5.41, 5.74) is 0. The van der Waals surface area contributed by atoms with Crippen molar-refractivity contribution in [1.82, 2.24) is 9.80 Å². The first-order valence-corrected chi connectivity index (χ1v) is 6.96. The fourth-order valence-corrected chi connectivity index (χ4v) is 3.32. The third-order valence-corrected chi connectivity index (χ3v) is 3.71. The molecule has 0 aromatic carbocycles. The van der Waals surface area contributed by atoms with Crippen molar-refractivity contribution >= 4 is 10.2 Å². The highest BCUT2D eigenvalue weighted by Gasteiger charge is 2.22. The summed E-state index contributed by atoms with van der Waals surface area (Å²) in [6, 6.07) is 0. The zero-order valence-corrected chi connectivity index (χ0v) is 11.6. The van der Waals surface area contributed by atoms with Crippen LogP contribution in [0.4, 0.5) is 0 Å². The minimum atomic E-state index is 1.22. The van der Waals surface area contributed by atoms with Gasteiger partial charge in [-0.3, -0.25) is 0 Å². The van der Waals surface area contributed by atoms with Crippen molar-refractivity contribution in [3.63, 3.8) is 0 Å². The number of hydrogen-bond acceptors (Lipinski definition) is 2. The zero-order chi connectivity index (χ0) is 9.97. The molecule has 0 aromatic rings. The van der Waals surface area contributed by atoms with E-state index in [1.165, 1.54) is 62.1 Å². The minimum Gasteiger partial charge on any atom is -0.359 e. The maximum atomic E-state index is 2.62. The van der Waals surface area contributed by atoms with E-state index in [-0.39, 0.29) is 0 Å². The SMILES string of the molecule is CC([SiH3])=C(N1CCCC1)N1CCCC1. The molecule has 2 heterocycles. The van der Waals surface area contributed by atoms with Crippen LogP contribution in [-0.4, -0.2) is 46.2 Å². The maximum absolute atomic E-state index is 2.62. The molecule has 14 heavy (non-hydrogen) atoms. The summed E-state index contributed by atoms with van der Waals surface area (Å²) in [7, 11) is 1.22. The third-order valence-electron chi connectivity index (χ3n) is 3.26. The Labute approximate surface area is 90.4 Å². The number of allylic oxidation sites excluding steroid dienone is 1. The average Bonchev–Trinajstić information content (AvgIpc) is 2.75. The van der Waals surface area contributed by atoms with E-state index in [1.807, 2.05) is 0 Å². The van der Waals surface area contributed by atoms with Gasteiger partial charge in [0.05, 0.1) is 5.82 Å². The van der Waals surface area contributed by atoms with Crippen molar-refractivity contribution in [1.29, 1.82) is 0 Å². The van der Waals surface area contributed by atoms with E-state index < -0.39 is 0 Å². The Hall–Kier alpha value is -0.443. The van der Waals surface area contributed by atoms with Crippen LogP contribution < -0.4 is 0 Å². The van der Waals surface area contributed by atoms with Gasteiger partial charge in [0.15, 0.2) is 0 Å². The average molecular weight is 210 g/mol. The van der Waals surface area contributed by atoms with Gasteiger partial charge in [-0.1, -0.05) is 5.20 Å². The molecule has 2 fully saturated rings. The Balaban J connectivity index is 2.10. The smallest absolute Gasteiger partial charge is 0.0977 e. The molecular weight excluding hydrogens is 188 g/mol. The molecule has 0 aromatic heterocycles. The largest absolute Gasteiger partial charge is 0.359 e. The van der Waals surface area contributed by atoms with Crippen LogP contribution in [0.15, 0.2) is 11.0 Å². The molecule has 3 heteroatoms. The molecule has 2 aliphatic rings. The van der Waals surface area contributed by atoms with Gasteiger partial charge in [0.2, 0.25) is 0 Å². The highest BCUT2D eigenvalue weighted by atomic mass is 28.1. The lowest BCUT2D eigenvalue weighted by Crippen LogP contribution is -2.33. The minimum absolute atomic E-state index is 1.22. The summed E-state index contributed by atoms with van der Waals surface area (Å²) in [4.78, 5) is 5.24. The van der Waals surface area contributed by atoms with E-state index in [0.717, 1.165) is 0 Å². The van der Waals surface area contributed by atoms with E-state index in [9.17, 15) is 0 Å². The van der Waals surface area contributed by atoms with Crippen LogP contribution in [0.2, 0.25) is 0 Å². The topological polar surface area (TPSA) is 6.48 Å². The highest BCUT2D eigenvalue weighted by Crippen LogP contribution is 2.23. The van der Waals surface area contributed by atoms with E-state index in [2.05, 4.69) is 16.7 Å². The molecule has 0 radical (unpaired) electrons. The van der Waals surface area contributed by atoms with Crippen LogP contribution in [0.3, 0.4) is 0 Å². The number of rotatable bonds is 2. The first kappa shape index (κ1) is 10.1. The molecule has 2 nitrogen and oxygen atoms in total. The molecule has 0 aliphatic carbocycles. The van der Waals surface area contributed by atoms with Crippen molar-refractivity contribution in [3.05, 3.63) is 11.0 Å². The summed E-state index contributed by atoms with van der Waals surface area (Å²) in [5, 5.41) is 1.63. The van der Waals surface area contributed by atoms with Gasteiger partial charge >= 0.3 is 0 Å². The van der Waals surface area contributed by atoms with Gasteiger partial charge in [-0.25, -0.2) is 0 Å². The maximum Gasteiger partial charge on any atom is 0.0977 e. The second-order valence-corrected chi connectivity index (χ2v) is 6.21. The summed E-state index contributed by atoms with van der Waals surface area (Å²) in [6.45, 7) is 7.51. The van der Waals surface area contributed by atoms with Gasteiger partial charge in [-0.05, 0) is 32.6 Å². The van der Waals surface area contributed by atoms with E-state index >= 15 is 0 Å². The first-order valence-electron chi connectivity index (χ1n) is 5.96. The Bertz CT molecular complexity index is 203. The van der Waals surface area contributed by atoms with Crippen molar-refractivity contribution in [2.75, 3.05) is 26.2 Å². The van der Waals surface area contributed by atoms with Crippen molar-refractivity contribution in [2.24, 2.45) is 0 Å². The lowest BCUT2D eigenvalue weighted by molar-refractivity contribution is 0.267. The quantitative estimate of drug-likeness (QED) is 0.620. The lowest BCUT2D eigenvalue weighted by atomic mass is 10.4. The van der Waals surface area contributed by atoms with Crippen molar-refractivity contribution < 1.29 is 0 Å². The molecule has 2 rings (SSSR count). The van der Waals surface area contributed by atoms with Crippen LogP contribution in [0.1, 0.15) is 32.6 Å². The second-order valence-electron chi connectivity index (χ2n) is 4.71. The van der Waals surface area contributed by atoms with Crippen LogP contribution in [0.5, 0.6) is 0 Å². The van der Waals surface area contributed by atoms with E-state index in [1.54, 1.807) is 11.0 Å². The number of nitrogens with zero attached hydrogens (tertiary/aromatic N) is 2. The summed E-state index contributed by atoms with van der Waals surface area (Å²) < 4.78 is 0. The van der Waals surface area contributed by atoms with E-state index in [0.29, 0.717) is 0 Å². The van der Waals surface area contributed by atoms with Gasteiger partial charge < -0.3 is 9.80 Å². The Kier molecular flexibility index (Phi) is 3.16. The fourth-order valence-electron chi connectivity index (χ4n) is 2.69. The first-order chi connectivity index (χ1) is 6.79. The monoisotopic (exact) mass is 210 g/mol. The fraction of sp³-hybridized carbons (Fsp3) is 0.818. The predicted octanol–water partition coefficient (Wildman–Crippen LogP) is 0.732. The Morgan fingerprint density at radius 2 is 1.21 bits per heavy atom. The zero-order valence-electron chi connectivity index (χ0n) is 9.55. The molecule has 0 unspecified atom stereocenters. The summed E-state index contributed by atoms with van der Waals surface area (Å²) >= 11 is 0. The van der Waals surface area contributed by atoms with Gasteiger partial charge in [-0.15, -0.1) is 0 Å². The Morgan fingerprint density at radius 3 is 1.50 bits per heavy atom. The molecular formula is C11H22N2Si. The molecule has 0 N–H and O–H groups in total. The van der Waals surface area contributed by atoms with Gasteiger partial charge in [0.25, 0.3) is 0 Å². The normalized spacial score (nSPS) is 22.1. The van der Waals surface area contributed by atoms with Crippen molar-refractivity contribution in [3.8, 4) is 0 Å².